The van der Waals surface area contributed by atoms with Gasteiger partial charge in [-0.05, 0) is 12.1 Å². The van der Waals surface area contributed by atoms with Crippen molar-refractivity contribution in [3.05, 3.63) is 35.0 Å². The minimum atomic E-state index is -3.41. The molecule has 0 saturated heterocycles. The summed E-state index contributed by atoms with van der Waals surface area (Å²) in [4.78, 5) is 10.7. The van der Waals surface area contributed by atoms with Gasteiger partial charge in [0.15, 0.2) is 9.84 Å². The Morgan fingerprint density at radius 3 is 2.53 bits per heavy atom. The summed E-state index contributed by atoms with van der Waals surface area (Å²) in [5, 5.41) is 12.3. The lowest BCUT2D eigenvalue weighted by Crippen LogP contribution is -1.98. The third-order valence-electron chi connectivity index (χ3n) is 2.35. The summed E-state index contributed by atoms with van der Waals surface area (Å²) in [5.41, 5.74) is 0.730. The number of hydrogen-bond donors (Lipinski definition) is 1. The number of rotatable bonds is 3. The first-order chi connectivity index (χ1) is 8.79. The van der Waals surface area contributed by atoms with Crippen LogP contribution in [0.25, 0.3) is 11.3 Å². The fourth-order valence-corrected chi connectivity index (χ4v) is 2.80. The Kier molecular flexibility index (Phi) is 3.34. The van der Waals surface area contributed by atoms with Crippen LogP contribution in [0.2, 0.25) is 5.02 Å². The van der Waals surface area contributed by atoms with Crippen molar-refractivity contribution < 1.29 is 22.8 Å². The van der Waals surface area contributed by atoms with Crippen molar-refractivity contribution in [2.75, 3.05) is 6.26 Å². The molecule has 100 valence electrons. The maximum absolute atomic E-state index is 11.4. The second-order valence-corrected chi connectivity index (χ2v) is 6.19. The van der Waals surface area contributed by atoms with E-state index in [2.05, 4.69) is 9.68 Å². The number of aromatic nitrogens is 1. The Balaban J connectivity index is 2.47. The Morgan fingerprint density at radius 2 is 2.05 bits per heavy atom. The first-order valence-corrected chi connectivity index (χ1v) is 7.26. The summed E-state index contributed by atoms with van der Waals surface area (Å²) in [7, 11) is -3.41. The Morgan fingerprint density at radius 1 is 1.37 bits per heavy atom. The number of sulfone groups is 1. The first kappa shape index (κ1) is 13.6. The number of carbonyl (C=O) groups is 1. The molecule has 0 aliphatic rings. The van der Waals surface area contributed by atoms with Gasteiger partial charge in [0.1, 0.15) is 5.69 Å². The molecule has 0 saturated carbocycles. The summed E-state index contributed by atoms with van der Waals surface area (Å²) >= 11 is 5.88. The van der Waals surface area contributed by atoms with E-state index in [-0.39, 0.29) is 21.4 Å². The lowest BCUT2D eigenvalue weighted by molar-refractivity contribution is 0.0652. The molecule has 1 heterocycles. The number of carboxylic acids is 1. The zero-order valence-electron chi connectivity index (χ0n) is 9.62. The lowest BCUT2D eigenvalue weighted by atomic mass is 10.1. The molecule has 6 nitrogen and oxygen atoms in total. The van der Waals surface area contributed by atoms with Gasteiger partial charge in [-0.2, -0.15) is 0 Å². The summed E-state index contributed by atoms with van der Waals surface area (Å²) in [6.45, 7) is 0. The molecular formula is C11H8ClNO5S. The minimum Gasteiger partial charge on any atom is -0.475 e. The van der Waals surface area contributed by atoms with Crippen LogP contribution < -0.4 is 0 Å². The highest BCUT2D eigenvalue weighted by Gasteiger charge is 2.16. The van der Waals surface area contributed by atoms with E-state index in [1.807, 2.05) is 0 Å². The fourth-order valence-electron chi connectivity index (χ4n) is 1.47. The summed E-state index contributed by atoms with van der Waals surface area (Å²) in [6.07, 6.45) is 1.05. The maximum Gasteiger partial charge on any atom is 0.374 e. The normalized spacial score (nSPS) is 11.5. The van der Waals surface area contributed by atoms with Crippen molar-refractivity contribution in [1.82, 2.24) is 5.16 Å². The average Bonchev–Trinajstić information content (AvgIpc) is 2.76. The highest BCUT2D eigenvalue weighted by molar-refractivity contribution is 7.90. The molecule has 0 fully saturated rings. The summed E-state index contributed by atoms with van der Waals surface area (Å²) in [5.74, 6) is -1.55. The molecule has 19 heavy (non-hydrogen) atoms. The maximum atomic E-state index is 11.4. The van der Waals surface area contributed by atoms with Crippen LogP contribution in [0.15, 0.2) is 33.7 Å². The molecule has 0 aliphatic heterocycles. The van der Waals surface area contributed by atoms with Crippen molar-refractivity contribution in [2.24, 2.45) is 0 Å². The van der Waals surface area contributed by atoms with Gasteiger partial charge in [0, 0.05) is 17.9 Å². The Bertz CT molecular complexity index is 750. The Hall–Kier alpha value is -1.86. The molecule has 0 spiro atoms. The molecule has 0 bridgehead atoms. The van der Waals surface area contributed by atoms with Gasteiger partial charge in [-0.3, -0.25) is 0 Å². The van der Waals surface area contributed by atoms with E-state index in [9.17, 15) is 13.2 Å². The average molecular weight is 302 g/mol. The van der Waals surface area contributed by atoms with Crippen LogP contribution in [0.5, 0.6) is 0 Å². The highest BCUT2D eigenvalue weighted by atomic mass is 35.5. The molecular weight excluding hydrogens is 294 g/mol. The second kappa shape index (κ2) is 4.67. The monoisotopic (exact) mass is 301 g/mol. The molecule has 0 radical (unpaired) electrons. The molecule has 0 amide bonds. The summed E-state index contributed by atoms with van der Waals surface area (Å²) < 4.78 is 27.4. The molecule has 0 unspecified atom stereocenters. The predicted octanol–water partition coefficient (Wildman–Crippen LogP) is 2.10. The lowest BCUT2D eigenvalue weighted by Gasteiger charge is -2.03. The molecule has 1 aromatic carbocycles. The van der Waals surface area contributed by atoms with Crippen molar-refractivity contribution in [2.45, 2.75) is 4.90 Å². The predicted molar refractivity (Wildman–Crippen MR) is 67.0 cm³/mol. The van der Waals surface area contributed by atoms with Crippen LogP contribution in [-0.4, -0.2) is 30.9 Å². The van der Waals surface area contributed by atoms with Crippen LogP contribution in [0, 0.1) is 0 Å². The fraction of sp³-hybridized carbons (Fsp3) is 0.0909. The smallest absolute Gasteiger partial charge is 0.374 e. The number of halogens is 1. The zero-order valence-corrected chi connectivity index (χ0v) is 11.2. The number of hydrogen-bond acceptors (Lipinski definition) is 5. The second-order valence-electron chi connectivity index (χ2n) is 3.80. The molecule has 0 aliphatic carbocycles. The van der Waals surface area contributed by atoms with Gasteiger partial charge >= 0.3 is 5.97 Å². The van der Waals surface area contributed by atoms with Gasteiger partial charge in [-0.1, -0.05) is 22.8 Å². The van der Waals surface area contributed by atoms with E-state index in [0.717, 1.165) is 6.26 Å². The van der Waals surface area contributed by atoms with E-state index in [1.165, 1.54) is 24.3 Å². The van der Waals surface area contributed by atoms with E-state index >= 15 is 0 Å². The van der Waals surface area contributed by atoms with E-state index in [4.69, 9.17) is 16.7 Å². The molecule has 0 atom stereocenters. The van der Waals surface area contributed by atoms with Crippen molar-refractivity contribution in [3.63, 3.8) is 0 Å². The van der Waals surface area contributed by atoms with E-state index in [1.54, 1.807) is 0 Å². The Labute approximate surface area is 113 Å². The molecule has 1 aromatic heterocycles. The quantitative estimate of drug-likeness (QED) is 0.932. The molecule has 2 aromatic rings. The zero-order chi connectivity index (χ0) is 14.2. The SMILES string of the molecule is CS(=O)(=O)c1ccc(-c2cc(C(=O)O)on2)cc1Cl. The van der Waals surface area contributed by atoms with Gasteiger partial charge in [0.2, 0.25) is 5.76 Å². The number of benzene rings is 1. The van der Waals surface area contributed by atoms with Crippen LogP contribution in [-0.2, 0) is 9.84 Å². The molecule has 2 rings (SSSR count). The van der Waals surface area contributed by atoms with Gasteiger partial charge in [0.25, 0.3) is 0 Å². The minimum absolute atomic E-state index is 0.000121. The number of nitrogens with zero attached hydrogens (tertiary/aromatic N) is 1. The third kappa shape index (κ3) is 2.77. The van der Waals surface area contributed by atoms with Crippen LogP contribution in [0.3, 0.4) is 0 Å². The number of aromatic carboxylic acids is 1. The first-order valence-electron chi connectivity index (χ1n) is 4.99. The van der Waals surface area contributed by atoms with Crippen LogP contribution in [0.1, 0.15) is 10.6 Å². The van der Waals surface area contributed by atoms with Crippen molar-refractivity contribution in [3.8, 4) is 11.3 Å². The standard InChI is InChI=1S/C11H8ClNO5S/c1-19(16,17)10-3-2-6(4-7(10)12)8-5-9(11(14)15)18-13-8/h2-5H,1H3,(H,14,15). The van der Waals surface area contributed by atoms with Gasteiger partial charge in [-0.25, -0.2) is 13.2 Å². The topological polar surface area (TPSA) is 97.5 Å². The number of carboxylic acid groups (broad SMARTS) is 1. The van der Waals surface area contributed by atoms with Crippen LogP contribution >= 0.6 is 11.6 Å². The van der Waals surface area contributed by atoms with E-state index < -0.39 is 15.8 Å². The largest absolute Gasteiger partial charge is 0.475 e. The van der Waals surface area contributed by atoms with E-state index in [0.29, 0.717) is 5.56 Å². The van der Waals surface area contributed by atoms with Crippen molar-refractivity contribution in [1.29, 1.82) is 0 Å². The molecule has 1 N–H and O–H groups in total. The molecule has 8 heteroatoms. The summed E-state index contributed by atoms with van der Waals surface area (Å²) in [6, 6.07) is 5.43. The van der Waals surface area contributed by atoms with Crippen LogP contribution in [0.4, 0.5) is 0 Å². The van der Waals surface area contributed by atoms with Crippen molar-refractivity contribution >= 4 is 27.4 Å². The third-order valence-corrected chi connectivity index (χ3v) is 3.93. The van der Waals surface area contributed by atoms with Gasteiger partial charge in [-0.15, -0.1) is 0 Å². The highest BCUT2D eigenvalue weighted by Crippen LogP contribution is 2.28. The van der Waals surface area contributed by atoms with Gasteiger partial charge < -0.3 is 9.63 Å². The van der Waals surface area contributed by atoms with Gasteiger partial charge in [0.05, 0.1) is 9.92 Å².